The van der Waals surface area contributed by atoms with Gasteiger partial charge in [-0.05, 0) is 35.0 Å². The molecule has 0 atom stereocenters. The first kappa shape index (κ1) is 12.5. The Bertz CT molecular complexity index is 493. The minimum absolute atomic E-state index is 0.236. The number of thiazole rings is 1. The number of hydrogen-bond acceptors (Lipinski definition) is 3. The van der Waals surface area contributed by atoms with E-state index in [2.05, 4.69) is 26.2 Å². The van der Waals surface area contributed by atoms with Gasteiger partial charge in [0, 0.05) is 22.3 Å². The maximum atomic E-state index is 13.5. The average Bonchev–Trinajstić information content (AvgIpc) is 2.69. The van der Waals surface area contributed by atoms with Gasteiger partial charge in [0.15, 0.2) is 0 Å². The van der Waals surface area contributed by atoms with Gasteiger partial charge in [-0.15, -0.1) is 11.3 Å². The number of para-hydroxylation sites is 1. The molecule has 1 aromatic carbocycles. The van der Waals surface area contributed by atoms with E-state index in [9.17, 15) is 4.39 Å². The van der Waals surface area contributed by atoms with Gasteiger partial charge in [-0.1, -0.05) is 6.07 Å². The number of benzene rings is 1. The zero-order chi connectivity index (χ0) is 12.3. The minimum atomic E-state index is -0.236. The van der Waals surface area contributed by atoms with E-state index in [-0.39, 0.29) is 5.82 Å². The maximum absolute atomic E-state index is 13.5. The van der Waals surface area contributed by atoms with Crippen molar-refractivity contribution in [3.8, 4) is 0 Å². The summed E-state index contributed by atoms with van der Waals surface area (Å²) in [5, 5.41) is 3.10. The number of nitrogens with one attached hydrogen (secondary N) is 1. The van der Waals surface area contributed by atoms with Crippen molar-refractivity contribution in [2.75, 3.05) is 11.9 Å². The summed E-state index contributed by atoms with van der Waals surface area (Å²) in [6.07, 6.45) is 0.858. The van der Waals surface area contributed by atoms with Crippen molar-refractivity contribution in [2.45, 2.75) is 13.3 Å². The lowest BCUT2D eigenvalue weighted by Crippen LogP contribution is -2.06. The second kappa shape index (κ2) is 5.60. The Balaban J connectivity index is 1.97. The lowest BCUT2D eigenvalue weighted by Gasteiger charge is -2.08. The summed E-state index contributed by atoms with van der Waals surface area (Å²) < 4.78 is 14.2. The number of anilines is 1. The third kappa shape index (κ3) is 3.04. The fourth-order valence-electron chi connectivity index (χ4n) is 1.53. The van der Waals surface area contributed by atoms with Gasteiger partial charge < -0.3 is 5.32 Å². The zero-order valence-electron chi connectivity index (χ0n) is 9.34. The normalized spacial score (nSPS) is 10.5. The van der Waals surface area contributed by atoms with Crippen molar-refractivity contribution in [1.29, 1.82) is 0 Å². The molecule has 0 fully saturated rings. The molecule has 0 unspecified atom stereocenters. The van der Waals surface area contributed by atoms with Crippen LogP contribution < -0.4 is 5.32 Å². The molecule has 5 heteroatoms. The Kier molecular flexibility index (Phi) is 4.12. The highest BCUT2D eigenvalue weighted by atomic mass is 79.9. The van der Waals surface area contributed by atoms with Crippen LogP contribution in [0.1, 0.15) is 10.6 Å². The van der Waals surface area contributed by atoms with Crippen LogP contribution in [0.25, 0.3) is 0 Å². The van der Waals surface area contributed by atoms with Gasteiger partial charge in [-0.2, -0.15) is 0 Å². The number of hydrogen-bond donors (Lipinski definition) is 1. The maximum Gasteiger partial charge on any atom is 0.147 e. The van der Waals surface area contributed by atoms with E-state index in [1.807, 2.05) is 18.5 Å². The largest absolute Gasteiger partial charge is 0.381 e. The molecule has 2 rings (SSSR count). The fraction of sp³-hybridized carbons (Fsp3) is 0.250. The summed E-state index contributed by atoms with van der Waals surface area (Å²) in [6, 6.07) is 4.95. The van der Waals surface area contributed by atoms with E-state index in [4.69, 9.17) is 0 Å². The standard InChI is InChI=1S/C12H12BrFN2S/c1-8-11(17-7-16-8)5-6-15-12-9(13)3-2-4-10(12)14/h2-4,7,15H,5-6H2,1H3. The van der Waals surface area contributed by atoms with Crippen LogP contribution >= 0.6 is 27.3 Å². The van der Waals surface area contributed by atoms with Crippen LogP contribution in [0.5, 0.6) is 0 Å². The van der Waals surface area contributed by atoms with Gasteiger partial charge in [0.2, 0.25) is 0 Å². The minimum Gasteiger partial charge on any atom is -0.381 e. The van der Waals surface area contributed by atoms with Crippen LogP contribution in [-0.2, 0) is 6.42 Å². The molecule has 0 aliphatic carbocycles. The number of aromatic nitrogens is 1. The Morgan fingerprint density at radius 1 is 1.47 bits per heavy atom. The lowest BCUT2D eigenvalue weighted by molar-refractivity contribution is 0.629. The van der Waals surface area contributed by atoms with E-state index >= 15 is 0 Å². The van der Waals surface area contributed by atoms with Crippen molar-refractivity contribution >= 4 is 33.0 Å². The quantitative estimate of drug-likeness (QED) is 0.922. The number of nitrogens with zero attached hydrogens (tertiary/aromatic N) is 1. The molecule has 0 bridgehead atoms. The SMILES string of the molecule is Cc1ncsc1CCNc1c(F)cccc1Br. The highest BCUT2D eigenvalue weighted by molar-refractivity contribution is 9.10. The Labute approximate surface area is 112 Å². The van der Waals surface area contributed by atoms with Crippen LogP contribution in [0.2, 0.25) is 0 Å². The Hall–Kier alpha value is -0.940. The summed E-state index contributed by atoms with van der Waals surface area (Å²) >= 11 is 4.96. The zero-order valence-corrected chi connectivity index (χ0v) is 11.7. The molecule has 0 spiro atoms. The molecule has 2 aromatic rings. The topological polar surface area (TPSA) is 24.9 Å². The van der Waals surface area contributed by atoms with Crippen LogP contribution in [0.15, 0.2) is 28.2 Å². The highest BCUT2D eigenvalue weighted by Crippen LogP contribution is 2.25. The Morgan fingerprint density at radius 3 is 2.94 bits per heavy atom. The van der Waals surface area contributed by atoms with Crippen LogP contribution in [-0.4, -0.2) is 11.5 Å². The fourth-order valence-corrected chi connectivity index (χ4v) is 2.80. The summed E-state index contributed by atoms with van der Waals surface area (Å²) in [6.45, 7) is 2.69. The Morgan fingerprint density at radius 2 is 2.29 bits per heavy atom. The summed E-state index contributed by atoms with van der Waals surface area (Å²) in [4.78, 5) is 5.43. The van der Waals surface area contributed by atoms with Gasteiger partial charge in [-0.25, -0.2) is 9.37 Å². The second-order valence-electron chi connectivity index (χ2n) is 3.63. The summed E-state index contributed by atoms with van der Waals surface area (Å²) in [5.41, 5.74) is 3.42. The van der Waals surface area contributed by atoms with E-state index < -0.39 is 0 Å². The average molecular weight is 315 g/mol. The van der Waals surface area contributed by atoms with Crippen LogP contribution in [0.3, 0.4) is 0 Å². The number of rotatable bonds is 4. The predicted octanol–water partition coefficient (Wildman–Crippen LogP) is 4.01. The molecule has 0 saturated carbocycles. The lowest BCUT2D eigenvalue weighted by atomic mass is 10.2. The summed E-state index contributed by atoms with van der Waals surface area (Å²) in [5.74, 6) is -0.236. The molecule has 17 heavy (non-hydrogen) atoms. The highest BCUT2D eigenvalue weighted by Gasteiger charge is 2.06. The predicted molar refractivity (Wildman–Crippen MR) is 73.1 cm³/mol. The number of aryl methyl sites for hydroxylation is 1. The number of halogens is 2. The second-order valence-corrected chi connectivity index (χ2v) is 5.43. The molecular weight excluding hydrogens is 303 g/mol. The first-order chi connectivity index (χ1) is 8.18. The van der Waals surface area contributed by atoms with E-state index in [1.165, 1.54) is 10.9 Å². The van der Waals surface area contributed by atoms with E-state index in [0.717, 1.165) is 16.6 Å². The van der Waals surface area contributed by atoms with Crippen molar-refractivity contribution in [3.05, 3.63) is 44.6 Å². The molecule has 2 nitrogen and oxygen atoms in total. The molecule has 1 aromatic heterocycles. The third-order valence-electron chi connectivity index (χ3n) is 2.46. The van der Waals surface area contributed by atoms with Gasteiger partial charge in [-0.3, -0.25) is 0 Å². The van der Waals surface area contributed by atoms with Crippen molar-refractivity contribution in [3.63, 3.8) is 0 Å². The van der Waals surface area contributed by atoms with Crippen LogP contribution in [0, 0.1) is 12.7 Å². The van der Waals surface area contributed by atoms with Crippen molar-refractivity contribution < 1.29 is 4.39 Å². The monoisotopic (exact) mass is 314 g/mol. The molecule has 1 N–H and O–H groups in total. The van der Waals surface area contributed by atoms with Gasteiger partial charge in [0.05, 0.1) is 16.9 Å². The van der Waals surface area contributed by atoms with Gasteiger partial charge >= 0.3 is 0 Å². The van der Waals surface area contributed by atoms with Crippen molar-refractivity contribution in [2.24, 2.45) is 0 Å². The smallest absolute Gasteiger partial charge is 0.147 e. The molecule has 0 aliphatic heterocycles. The summed E-state index contributed by atoms with van der Waals surface area (Å²) in [7, 11) is 0. The molecule has 90 valence electrons. The van der Waals surface area contributed by atoms with E-state index in [1.54, 1.807) is 17.4 Å². The van der Waals surface area contributed by atoms with E-state index in [0.29, 0.717) is 12.2 Å². The first-order valence-corrected chi connectivity index (χ1v) is 6.92. The molecule has 0 amide bonds. The van der Waals surface area contributed by atoms with Gasteiger partial charge in [0.1, 0.15) is 5.82 Å². The molecule has 0 saturated heterocycles. The molecular formula is C12H12BrFN2S. The molecule has 1 heterocycles. The van der Waals surface area contributed by atoms with Crippen molar-refractivity contribution in [1.82, 2.24) is 4.98 Å². The third-order valence-corrected chi connectivity index (χ3v) is 4.12. The van der Waals surface area contributed by atoms with Gasteiger partial charge in [0.25, 0.3) is 0 Å². The molecule has 0 radical (unpaired) electrons. The molecule has 0 aliphatic rings. The van der Waals surface area contributed by atoms with Crippen LogP contribution in [0.4, 0.5) is 10.1 Å². The first-order valence-electron chi connectivity index (χ1n) is 5.25.